The fraction of sp³-hybridized carbons (Fsp3) is 0.333. The molecule has 0 aliphatic rings. The zero-order valence-corrected chi connectivity index (χ0v) is 14.9. The Bertz CT molecular complexity index is 766. The molecule has 4 nitrogen and oxygen atoms in total. The van der Waals surface area contributed by atoms with Crippen molar-refractivity contribution in [2.45, 2.75) is 25.2 Å². The van der Waals surface area contributed by atoms with E-state index in [1.807, 2.05) is 69.2 Å². The molecule has 0 aliphatic heterocycles. The smallest absolute Gasteiger partial charge is 0.240 e. The molecule has 124 valence electrons. The van der Waals surface area contributed by atoms with Gasteiger partial charge in [0.2, 0.25) is 10.0 Å². The maximum absolute atomic E-state index is 12.4. The summed E-state index contributed by atoms with van der Waals surface area (Å²) in [6.45, 7) is 4.16. The van der Waals surface area contributed by atoms with Gasteiger partial charge in [-0.3, -0.25) is 0 Å². The summed E-state index contributed by atoms with van der Waals surface area (Å²) in [4.78, 5) is 2.39. The van der Waals surface area contributed by atoms with Gasteiger partial charge in [0.1, 0.15) is 0 Å². The molecule has 2 aromatic rings. The summed E-state index contributed by atoms with van der Waals surface area (Å²) < 4.78 is 27.4. The third-order valence-corrected chi connectivity index (χ3v) is 5.40. The van der Waals surface area contributed by atoms with Crippen LogP contribution in [-0.2, 0) is 16.4 Å². The minimum atomic E-state index is -3.46. The summed E-state index contributed by atoms with van der Waals surface area (Å²) in [5.41, 5.74) is 4.07. The molecular weight excluding hydrogens is 308 g/mol. The molecule has 1 N–H and O–H groups in total. The number of hydrogen-bond donors (Lipinski definition) is 1. The molecule has 0 aliphatic carbocycles. The third kappa shape index (κ3) is 4.56. The van der Waals surface area contributed by atoms with Gasteiger partial charge >= 0.3 is 0 Å². The van der Waals surface area contributed by atoms with Crippen molar-refractivity contribution >= 4 is 15.7 Å². The quantitative estimate of drug-likeness (QED) is 0.885. The largest absolute Gasteiger partial charge is 0.378 e. The van der Waals surface area contributed by atoms with Gasteiger partial charge in [-0.25, -0.2) is 13.1 Å². The number of hydrogen-bond acceptors (Lipinski definition) is 3. The molecule has 0 saturated heterocycles. The van der Waals surface area contributed by atoms with Crippen molar-refractivity contribution in [3.8, 4) is 0 Å². The molecule has 0 heterocycles. The van der Waals surface area contributed by atoms with Gasteiger partial charge in [0.05, 0.1) is 4.90 Å². The molecule has 2 aromatic carbocycles. The monoisotopic (exact) mass is 332 g/mol. The Morgan fingerprint density at radius 2 is 1.65 bits per heavy atom. The summed E-state index contributed by atoms with van der Waals surface area (Å²) in [5.74, 6) is 0. The highest BCUT2D eigenvalue weighted by Crippen LogP contribution is 2.16. The van der Waals surface area contributed by atoms with Crippen molar-refractivity contribution < 1.29 is 8.42 Å². The maximum atomic E-state index is 12.4. The van der Waals surface area contributed by atoms with Gasteiger partial charge in [0.25, 0.3) is 0 Å². The molecule has 0 fully saturated rings. The minimum absolute atomic E-state index is 0.353. The van der Waals surface area contributed by atoms with Crippen LogP contribution in [0.1, 0.15) is 16.7 Å². The van der Waals surface area contributed by atoms with E-state index in [2.05, 4.69) is 4.72 Å². The molecule has 2 rings (SSSR count). The van der Waals surface area contributed by atoms with Crippen LogP contribution in [0.2, 0.25) is 0 Å². The SMILES string of the molecule is Cc1ccc(S(=O)(=O)NCCc2ccc(N(C)C)cc2)c(C)c1. The second-order valence-electron chi connectivity index (χ2n) is 5.98. The predicted octanol–water partition coefficient (Wildman–Crippen LogP) is 2.89. The Labute approximate surface area is 139 Å². The van der Waals surface area contributed by atoms with Crippen LogP contribution in [0.5, 0.6) is 0 Å². The maximum Gasteiger partial charge on any atom is 0.240 e. The first-order chi connectivity index (χ1) is 10.8. The summed E-state index contributed by atoms with van der Waals surface area (Å²) in [6, 6.07) is 13.5. The summed E-state index contributed by atoms with van der Waals surface area (Å²) >= 11 is 0. The third-order valence-electron chi connectivity index (χ3n) is 3.78. The van der Waals surface area contributed by atoms with Gasteiger partial charge in [0, 0.05) is 26.3 Å². The fourth-order valence-electron chi connectivity index (χ4n) is 2.47. The minimum Gasteiger partial charge on any atom is -0.378 e. The highest BCUT2D eigenvalue weighted by atomic mass is 32.2. The molecule has 0 bridgehead atoms. The van der Waals surface area contributed by atoms with E-state index in [1.165, 1.54) is 0 Å². The Hall–Kier alpha value is -1.85. The van der Waals surface area contributed by atoms with Crippen LogP contribution >= 0.6 is 0 Å². The lowest BCUT2D eigenvalue weighted by Gasteiger charge is -2.13. The summed E-state index contributed by atoms with van der Waals surface area (Å²) in [7, 11) is 0.529. The van der Waals surface area contributed by atoms with E-state index in [0.717, 1.165) is 22.4 Å². The van der Waals surface area contributed by atoms with E-state index < -0.39 is 10.0 Å². The first-order valence-corrected chi connectivity index (χ1v) is 9.11. The first kappa shape index (κ1) is 17.5. The van der Waals surface area contributed by atoms with Crippen molar-refractivity contribution in [2.24, 2.45) is 0 Å². The fourth-order valence-corrected chi connectivity index (χ4v) is 3.73. The molecule has 5 heteroatoms. The molecule has 0 aromatic heterocycles. The number of aryl methyl sites for hydroxylation is 2. The second kappa shape index (κ2) is 7.15. The van der Waals surface area contributed by atoms with E-state index in [9.17, 15) is 8.42 Å². The van der Waals surface area contributed by atoms with Gasteiger partial charge in [0.15, 0.2) is 0 Å². The Morgan fingerprint density at radius 1 is 1.00 bits per heavy atom. The normalized spacial score (nSPS) is 11.5. The van der Waals surface area contributed by atoms with Crippen molar-refractivity contribution in [3.05, 3.63) is 59.2 Å². The zero-order chi connectivity index (χ0) is 17.0. The van der Waals surface area contributed by atoms with Crippen LogP contribution in [0.3, 0.4) is 0 Å². The standard InChI is InChI=1S/C18H24N2O2S/c1-14-5-10-18(15(2)13-14)23(21,22)19-12-11-16-6-8-17(9-7-16)20(3)4/h5-10,13,19H,11-12H2,1-4H3. The van der Waals surface area contributed by atoms with Crippen molar-refractivity contribution in [1.29, 1.82) is 0 Å². The summed E-state index contributed by atoms with van der Waals surface area (Å²) in [5, 5.41) is 0. The molecular formula is C18H24N2O2S. The number of rotatable bonds is 6. The van der Waals surface area contributed by atoms with E-state index >= 15 is 0 Å². The van der Waals surface area contributed by atoms with Gasteiger partial charge in [-0.15, -0.1) is 0 Å². The molecule has 0 unspecified atom stereocenters. The topological polar surface area (TPSA) is 49.4 Å². The molecule has 23 heavy (non-hydrogen) atoms. The van der Waals surface area contributed by atoms with Crippen molar-refractivity contribution in [3.63, 3.8) is 0 Å². The second-order valence-corrected chi connectivity index (χ2v) is 7.71. The lowest BCUT2D eigenvalue weighted by atomic mass is 10.1. The molecule has 0 atom stereocenters. The van der Waals surface area contributed by atoms with Gasteiger partial charge in [-0.1, -0.05) is 29.8 Å². The molecule has 0 saturated carbocycles. The lowest BCUT2D eigenvalue weighted by molar-refractivity contribution is 0.581. The van der Waals surface area contributed by atoms with Crippen LogP contribution in [0.15, 0.2) is 47.4 Å². The predicted molar refractivity (Wildman–Crippen MR) is 95.6 cm³/mol. The van der Waals surface area contributed by atoms with Crippen LogP contribution in [0.4, 0.5) is 5.69 Å². The number of nitrogens with one attached hydrogen (secondary N) is 1. The van der Waals surface area contributed by atoms with E-state index in [4.69, 9.17) is 0 Å². The Kier molecular flexibility index (Phi) is 5.44. The van der Waals surface area contributed by atoms with E-state index in [1.54, 1.807) is 6.07 Å². The average Bonchev–Trinajstić information content (AvgIpc) is 2.47. The van der Waals surface area contributed by atoms with Crippen LogP contribution in [0.25, 0.3) is 0 Å². The Morgan fingerprint density at radius 3 is 2.22 bits per heavy atom. The average molecular weight is 332 g/mol. The highest BCUT2D eigenvalue weighted by Gasteiger charge is 2.15. The van der Waals surface area contributed by atoms with Crippen LogP contribution in [-0.4, -0.2) is 29.1 Å². The van der Waals surface area contributed by atoms with Crippen molar-refractivity contribution in [1.82, 2.24) is 4.72 Å². The van der Waals surface area contributed by atoms with Gasteiger partial charge < -0.3 is 4.90 Å². The van der Waals surface area contributed by atoms with Gasteiger partial charge in [-0.05, 0) is 49.6 Å². The van der Waals surface area contributed by atoms with Crippen LogP contribution in [0, 0.1) is 13.8 Å². The first-order valence-electron chi connectivity index (χ1n) is 7.63. The zero-order valence-electron chi connectivity index (χ0n) is 14.1. The number of nitrogens with zero attached hydrogens (tertiary/aromatic N) is 1. The van der Waals surface area contributed by atoms with E-state index in [0.29, 0.717) is 17.9 Å². The van der Waals surface area contributed by atoms with Crippen molar-refractivity contribution in [2.75, 3.05) is 25.5 Å². The number of sulfonamides is 1. The molecule has 0 spiro atoms. The molecule has 0 radical (unpaired) electrons. The molecule has 0 amide bonds. The number of benzene rings is 2. The van der Waals surface area contributed by atoms with E-state index in [-0.39, 0.29) is 0 Å². The Balaban J connectivity index is 1.99. The summed E-state index contributed by atoms with van der Waals surface area (Å²) in [6.07, 6.45) is 0.665. The highest BCUT2D eigenvalue weighted by molar-refractivity contribution is 7.89. The van der Waals surface area contributed by atoms with Gasteiger partial charge in [-0.2, -0.15) is 0 Å². The number of anilines is 1. The lowest BCUT2D eigenvalue weighted by Crippen LogP contribution is -2.26. The van der Waals surface area contributed by atoms with Crippen LogP contribution < -0.4 is 9.62 Å².